The van der Waals surface area contributed by atoms with E-state index in [9.17, 15) is 24.9 Å². The molecule has 0 rings (SSSR count). The second-order valence-corrected chi connectivity index (χ2v) is 12.2. The molecule has 0 aliphatic carbocycles. The van der Waals surface area contributed by atoms with Crippen LogP contribution in [-0.2, 0) is 14.3 Å². The lowest BCUT2D eigenvalue weighted by molar-refractivity contribution is -0.152. The van der Waals surface area contributed by atoms with E-state index in [0.717, 1.165) is 25.7 Å². The zero-order valence-electron chi connectivity index (χ0n) is 28.9. The molecule has 0 saturated heterocycles. The van der Waals surface area contributed by atoms with E-state index >= 15 is 0 Å². The highest BCUT2D eigenvalue weighted by Gasteiger charge is 2.37. The van der Waals surface area contributed by atoms with Crippen LogP contribution in [0.1, 0.15) is 168 Å². The van der Waals surface area contributed by atoms with E-state index in [4.69, 9.17) is 21.9 Å². The van der Waals surface area contributed by atoms with E-state index in [1.807, 2.05) is 0 Å². The van der Waals surface area contributed by atoms with Crippen LogP contribution in [0.25, 0.3) is 0 Å². The second kappa shape index (κ2) is 34.8. The van der Waals surface area contributed by atoms with Gasteiger partial charge in [-0.05, 0) is 38.0 Å². The summed E-state index contributed by atoms with van der Waals surface area (Å²) < 4.78 is 5.09. The van der Waals surface area contributed by atoms with Crippen LogP contribution in [0, 0.1) is 0 Å². The average Bonchev–Trinajstić information content (AvgIpc) is 3.02. The minimum absolute atomic E-state index is 0.741. The van der Waals surface area contributed by atoms with Crippen molar-refractivity contribution in [2.24, 2.45) is 17.2 Å². The van der Waals surface area contributed by atoms with Crippen molar-refractivity contribution in [2.75, 3.05) is 0 Å². The predicted octanol–water partition coefficient (Wildman–Crippen LogP) is 6.80. The van der Waals surface area contributed by atoms with E-state index in [0.29, 0.717) is 0 Å². The maximum absolute atomic E-state index is 11.4. The molecule has 0 aromatic carbocycles. The predicted molar refractivity (Wildman–Crippen MR) is 186 cm³/mol. The third-order valence-electron chi connectivity index (χ3n) is 7.96. The zero-order valence-corrected chi connectivity index (χ0v) is 28.9. The highest BCUT2D eigenvalue weighted by molar-refractivity contribution is 5.81. The minimum atomic E-state index is -2.03. The Kier molecular flexibility index (Phi) is 34.8. The van der Waals surface area contributed by atoms with Gasteiger partial charge in [0, 0.05) is 0 Å². The maximum Gasteiger partial charge on any atom is 0.261 e. The van der Waals surface area contributed by atoms with Crippen LogP contribution < -0.4 is 17.2 Å². The van der Waals surface area contributed by atoms with Gasteiger partial charge in [-0.1, -0.05) is 148 Å². The monoisotopic (exact) mass is 642 g/mol. The number of carbonyl (C=O) groups is 2. The first-order valence-corrected chi connectivity index (χ1v) is 18.0. The van der Waals surface area contributed by atoms with Gasteiger partial charge in [-0.2, -0.15) is 0 Å². The molecule has 0 radical (unpaired) electrons. The van der Waals surface area contributed by atoms with Crippen LogP contribution in [-0.4, -0.2) is 51.5 Å². The van der Waals surface area contributed by atoms with Crippen LogP contribution in [0.3, 0.4) is 0 Å². The van der Waals surface area contributed by atoms with Gasteiger partial charge >= 0.3 is 0 Å². The molecule has 0 aromatic rings. The SMILES string of the molecule is CCCCCCCCCCCCC/C=C/N.CCCCCCCCCCCCC/C=C/O[C@@H](C(N)=O)[C@@H](O)[C@H](O)[C@H](O)C(N)=O. The summed E-state index contributed by atoms with van der Waals surface area (Å²) >= 11 is 0. The topological polar surface area (TPSA) is 182 Å². The molecule has 0 fully saturated rings. The van der Waals surface area contributed by atoms with E-state index in [1.54, 1.807) is 12.3 Å². The number of rotatable bonds is 31. The summed E-state index contributed by atoms with van der Waals surface area (Å²) in [6.07, 6.45) is 30.4. The fraction of sp³-hybridized carbons (Fsp3) is 0.833. The van der Waals surface area contributed by atoms with Crippen molar-refractivity contribution in [3.8, 4) is 0 Å². The number of amides is 2. The molecule has 0 bridgehead atoms. The van der Waals surface area contributed by atoms with Gasteiger partial charge in [0.1, 0.15) is 12.2 Å². The van der Waals surface area contributed by atoms with E-state index in [2.05, 4.69) is 19.9 Å². The molecular formula is C36H71N3O6. The van der Waals surface area contributed by atoms with Gasteiger partial charge < -0.3 is 37.3 Å². The fourth-order valence-corrected chi connectivity index (χ4v) is 5.01. The van der Waals surface area contributed by atoms with E-state index < -0.39 is 36.2 Å². The molecule has 0 saturated carbocycles. The Bertz CT molecular complexity index is 719. The lowest BCUT2D eigenvalue weighted by atomic mass is 10.0. The highest BCUT2D eigenvalue weighted by Crippen LogP contribution is 2.14. The lowest BCUT2D eigenvalue weighted by Gasteiger charge is -2.25. The third-order valence-corrected chi connectivity index (χ3v) is 7.96. The van der Waals surface area contributed by atoms with Gasteiger partial charge in [-0.15, -0.1) is 0 Å². The molecule has 0 heterocycles. The molecular weight excluding hydrogens is 570 g/mol. The van der Waals surface area contributed by atoms with Crippen molar-refractivity contribution >= 4 is 11.8 Å². The highest BCUT2D eigenvalue weighted by atomic mass is 16.5. The Balaban J connectivity index is 0. The number of hydrogen-bond acceptors (Lipinski definition) is 7. The summed E-state index contributed by atoms with van der Waals surface area (Å²) in [7, 11) is 0. The molecule has 0 unspecified atom stereocenters. The molecule has 0 aliphatic rings. The number of hydrogen-bond donors (Lipinski definition) is 6. The third kappa shape index (κ3) is 30.3. The van der Waals surface area contributed by atoms with Crippen molar-refractivity contribution in [2.45, 2.75) is 192 Å². The van der Waals surface area contributed by atoms with Gasteiger partial charge in [0.2, 0.25) is 12.0 Å². The maximum atomic E-state index is 11.4. The Morgan fingerprint density at radius 2 is 0.911 bits per heavy atom. The molecule has 0 aliphatic heterocycles. The Morgan fingerprint density at radius 1 is 0.556 bits per heavy atom. The Morgan fingerprint density at radius 3 is 1.24 bits per heavy atom. The van der Waals surface area contributed by atoms with Gasteiger partial charge in [0.15, 0.2) is 6.10 Å². The van der Waals surface area contributed by atoms with Gasteiger partial charge in [-0.25, -0.2) is 0 Å². The van der Waals surface area contributed by atoms with Crippen LogP contribution in [0.5, 0.6) is 0 Å². The quantitative estimate of drug-likeness (QED) is 0.0355. The number of primary amides is 2. The average molecular weight is 642 g/mol. The van der Waals surface area contributed by atoms with Crippen LogP contribution >= 0.6 is 0 Å². The van der Waals surface area contributed by atoms with E-state index in [1.165, 1.54) is 135 Å². The van der Waals surface area contributed by atoms with Gasteiger partial charge in [0.25, 0.3) is 5.91 Å². The minimum Gasteiger partial charge on any atom is -0.486 e. The fourth-order valence-electron chi connectivity index (χ4n) is 5.01. The number of unbranched alkanes of at least 4 members (excludes halogenated alkanes) is 22. The molecule has 9 nitrogen and oxygen atoms in total. The second-order valence-electron chi connectivity index (χ2n) is 12.2. The van der Waals surface area contributed by atoms with Crippen molar-refractivity contribution in [3.05, 3.63) is 24.6 Å². The lowest BCUT2D eigenvalue weighted by Crippen LogP contribution is -2.53. The van der Waals surface area contributed by atoms with Crippen LogP contribution in [0.4, 0.5) is 0 Å². The molecule has 45 heavy (non-hydrogen) atoms. The molecule has 0 spiro atoms. The summed E-state index contributed by atoms with van der Waals surface area (Å²) in [5, 5.41) is 29.0. The normalized spacial score (nSPS) is 14.2. The zero-order chi connectivity index (χ0) is 34.0. The number of aliphatic hydroxyl groups excluding tert-OH is 3. The summed E-state index contributed by atoms with van der Waals surface area (Å²) in [5.41, 5.74) is 15.3. The van der Waals surface area contributed by atoms with Crippen molar-refractivity contribution < 1.29 is 29.6 Å². The molecule has 9 N–H and O–H groups in total. The van der Waals surface area contributed by atoms with Crippen LogP contribution in [0.2, 0.25) is 0 Å². The summed E-state index contributed by atoms with van der Waals surface area (Å²) in [6, 6.07) is 0. The molecule has 2 amide bonds. The number of carbonyl (C=O) groups excluding carboxylic acids is 2. The molecule has 4 atom stereocenters. The number of allylic oxidation sites excluding steroid dienone is 2. The van der Waals surface area contributed by atoms with Crippen LogP contribution in [0.15, 0.2) is 24.6 Å². The van der Waals surface area contributed by atoms with Crippen molar-refractivity contribution in [3.63, 3.8) is 0 Å². The first-order chi connectivity index (χ1) is 21.7. The summed E-state index contributed by atoms with van der Waals surface area (Å²) in [5.74, 6) is -2.26. The number of nitrogens with two attached hydrogens (primary N) is 3. The summed E-state index contributed by atoms with van der Waals surface area (Å²) in [4.78, 5) is 22.3. The smallest absolute Gasteiger partial charge is 0.261 e. The number of ether oxygens (including phenoxy) is 1. The standard InChI is InChI=1S/C21H40N2O6.C15H31N/c1-2-3-4-5-6-7-8-9-10-11-12-13-14-15-29-19(21(23)28)17(25)16(24)18(26)20(22)27;1-2-3-4-5-6-7-8-9-10-11-12-13-14-15-16/h14-19,24-26H,2-13H2,1H3,(H2,22,27)(H2,23,28);14-15H,2-13,16H2,1H3/b2*15-14+/t16-,17-,18-,19+;/m0./s1. The first-order valence-electron chi connectivity index (χ1n) is 18.0. The largest absolute Gasteiger partial charge is 0.486 e. The number of aliphatic hydroxyl groups is 3. The van der Waals surface area contributed by atoms with Gasteiger partial charge in [-0.3, -0.25) is 9.59 Å². The Hall–Kier alpha value is -2.10. The van der Waals surface area contributed by atoms with Gasteiger partial charge in [0.05, 0.1) is 6.26 Å². The summed E-state index contributed by atoms with van der Waals surface area (Å²) in [6.45, 7) is 4.50. The first kappa shape index (κ1) is 45.0. The molecule has 0 aromatic heterocycles. The Labute approximate surface area is 275 Å². The van der Waals surface area contributed by atoms with Crippen molar-refractivity contribution in [1.29, 1.82) is 0 Å². The van der Waals surface area contributed by atoms with Crippen molar-refractivity contribution in [1.82, 2.24) is 0 Å². The molecule has 9 heteroatoms. The van der Waals surface area contributed by atoms with E-state index in [-0.39, 0.29) is 0 Å². The molecule has 266 valence electrons.